The van der Waals surface area contributed by atoms with Crippen LogP contribution in [0.3, 0.4) is 0 Å². The van der Waals surface area contributed by atoms with Crippen LogP contribution in [0, 0.1) is 0 Å². The molecule has 0 aromatic heterocycles. The molecule has 0 saturated carbocycles. The first-order chi connectivity index (χ1) is 12.9. The summed E-state index contributed by atoms with van der Waals surface area (Å²) < 4.78 is 34.5. The van der Waals surface area contributed by atoms with Crippen LogP contribution in [0.4, 0.5) is 0 Å². The average molecular weight is 417 g/mol. The Labute approximate surface area is 169 Å². The first-order valence-corrected chi connectivity index (χ1v) is 8.58. The van der Waals surface area contributed by atoms with Crippen LogP contribution in [-0.4, -0.2) is 56.7 Å². The van der Waals surface area contributed by atoms with Gasteiger partial charge in [-0.25, -0.2) is 0 Å². The van der Waals surface area contributed by atoms with Gasteiger partial charge in [0.15, 0.2) is 0 Å². The summed E-state index contributed by atoms with van der Waals surface area (Å²) in [5.41, 5.74) is 0. The third-order valence-corrected chi connectivity index (χ3v) is 1.14. The van der Waals surface area contributed by atoms with Gasteiger partial charge in [-0.3, -0.25) is 8.74 Å². The van der Waals surface area contributed by atoms with Gasteiger partial charge in [0.25, 0.3) is 0 Å². The van der Waals surface area contributed by atoms with Crippen LogP contribution in [0.1, 0.15) is 13.8 Å². The Kier molecular flexibility index (Phi) is 261. The van der Waals surface area contributed by atoms with Crippen molar-refractivity contribution in [2.45, 2.75) is 13.8 Å². The SMILES string of the molecule is C=C.C=C.C=C.C=C.C=C.C=C.CCOCC.COS(=O)(=O)O.OCCO. The van der Waals surface area contributed by atoms with Crippen LogP contribution in [0.5, 0.6) is 0 Å². The van der Waals surface area contributed by atoms with Crippen LogP contribution in [0.2, 0.25) is 0 Å². The van der Waals surface area contributed by atoms with Crippen molar-refractivity contribution in [2.24, 2.45) is 0 Å². The first kappa shape index (κ1) is 56.2. The highest BCUT2D eigenvalue weighted by Gasteiger charge is 1.94. The van der Waals surface area contributed by atoms with Crippen molar-refractivity contribution in [3.8, 4) is 0 Å². The van der Waals surface area contributed by atoms with Crippen molar-refractivity contribution >= 4 is 10.4 Å². The Morgan fingerprint density at radius 3 is 0.815 bits per heavy atom. The van der Waals surface area contributed by atoms with Crippen molar-refractivity contribution in [1.82, 2.24) is 0 Å². The molecule has 3 N–H and O–H groups in total. The van der Waals surface area contributed by atoms with Crippen LogP contribution >= 0.6 is 0 Å². The van der Waals surface area contributed by atoms with Gasteiger partial charge in [-0.15, -0.1) is 78.9 Å². The molecule has 0 amide bonds. The van der Waals surface area contributed by atoms with E-state index in [-0.39, 0.29) is 13.2 Å². The van der Waals surface area contributed by atoms with Crippen molar-refractivity contribution in [3.63, 3.8) is 0 Å². The van der Waals surface area contributed by atoms with Gasteiger partial charge in [-0.2, -0.15) is 8.42 Å². The minimum Gasteiger partial charge on any atom is -0.394 e. The molecule has 0 bridgehead atoms. The minimum atomic E-state index is -4.16. The van der Waals surface area contributed by atoms with E-state index in [1.165, 1.54) is 0 Å². The number of aliphatic hydroxyl groups is 2. The van der Waals surface area contributed by atoms with Crippen molar-refractivity contribution in [2.75, 3.05) is 33.5 Å². The largest absolute Gasteiger partial charge is 0.397 e. The van der Waals surface area contributed by atoms with Gasteiger partial charge in [0.1, 0.15) is 0 Å². The standard InChI is InChI=1S/C4H10O.C2H6O2.6C2H4.CH4O4S/c1-3-5-4-2;3-1-2-4;6*1-2;1-5-6(2,3)4/h3-4H2,1-2H3;3-4H,1-2H2;6*1-2H2;1H3,(H,2,3,4). The van der Waals surface area contributed by atoms with E-state index in [9.17, 15) is 8.42 Å². The van der Waals surface area contributed by atoms with E-state index in [1.54, 1.807) is 0 Å². The molecule has 7 nitrogen and oxygen atoms in total. The lowest BCUT2D eigenvalue weighted by Crippen LogP contribution is -1.96. The van der Waals surface area contributed by atoms with Crippen molar-refractivity contribution in [1.29, 1.82) is 0 Å². The molecule has 8 heteroatoms. The molecule has 0 radical (unpaired) electrons. The van der Waals surface area contributed by atoms with E-state index >= 15 is 0 Å². The second kappa shape index (κ2) is 125. The molecule has 0 unspecified atom stereocenters. The van der Waals surface area contributed by atoms with E-state index in [2.05, 4.69) is 83.1 Å². The Morgan fingerprint density at radius 2 is 0.815 bits per heavy atom. The zero-order chi connectivity index (χ0) is 24.7. The van der Waals surface area contributed by atoms with E-state index < -0.39 is 10.4 Å². The Hall–Kier alpha value is -1.81. The van der Waals surface area contributed by atoms with Gasteiger partial charge >= 0.3 is 10.4 Å². The van der Waals surface area contributed by atoms with Gasteiger partial charge in [0, 0.05) is 13.2 Å². The maximum absolute atomic E-state index is 9.33. The number of hydrogen-bond donors (Lipinski definition) is 3. The van der Waals surface area contributed by atoms with E-state index in [1.807, 2.05) is 13.8 Å². The molecule has 0 aliphatic rings. The second-order valence-corrected chi connectivity index (χ2v) is 3.01. The maximum atomic E-state index is 9.33. The Bertz CT molecular complexity index is 239. The average Bonchev–Trinajstić information content (AvgIpc) is 2.77. The molecule has 0 fully saturated rings. The summed E-state index contributed by atoms with van der Waals surface area (Å²) >= 11 is 0. The van der Waals surface area contributed by atoms with Crippen LogP contribution < -0.4 is 0 Å². The van der Waals surface area contributed by atoms with Crippen molar-refractivity contribution in [3.05, 3.63) is 78.9 Å². The maximum Gasteiger partial charge on any atom is 0.397 e. The quantitative estimate of drug-likeness (QED) is 0.463. The molecule has 0 aromatic carbocycles. The van der Waals surface area contributed by atoms with Crippen LogP contribution in [0.15, 0.2) is 78.9 Å². The molecule has 0 aliphatic heterocycles. The Balaban J connectivity index is -0.0000000203. The van der Waals surface area contributed by atoms with Crippen LogP contribution in [0.25, 0.3) is 0 Å². The summed E-state index contributed by atoms with van der Waals surface area (Å²) in [6.45, 7) is 41.4. The minimum absolute atomic E-state index is 0.125. The van der Waals surface area contributed by atoms with Gasteiger partial charge in [-0.1, -0.05) is 0 Å². The van der Waals surface area contributed by atoms with Crippen molar-refractivity contribution < 1.29 is 32.1 Å². The second-order valence-electron chi connectivity index (χ2n) is 1.82. The van der Waals surface area contributed by atoms with E-state index in [0.717, 1.165) is 20.3 Å². The lowest BCUT2D eigenvalue weighted by atomic mass is 10.8. The zero-order valence-electron chi connectivity index (χ0n) is 17.7. The third-order valence-electron chi connectivity index (χ3n) is 0.719. The molecule has 0 saturated heterocycles. The number of ether oxygens (including phenoxy) is 1. The summed E-state index contributed by atoms with van der Waals surface area (Å²) in [5.74, 6) is 0. The summed E-state index contributed by atoms with van der Waals surface area (Å²) in [6.07, 6.45) is 0. The molecular formula is C19H44O7S. The highest BCUT2D eigenvalue weighted by molar-refractivity contribution is 7.80. The highest BCUT2D eigenvalue weighted by atomic mass is 32.3. The van der Waals surface area contributed by atoms with E-state index in [4.69, 9.17) is 19.5 Å². The van der Waals surface area contributed by atoms with E-state index in [0.29, 0.717) is 0 Å². The van der Waals surface area contributed by atoms with Gasteiger partial charge < -0.3 is 14.9 Å². The van der Waals surface area contributed by atoms with Crippen LogP contribution in [-0.2, 0) is 19.3 Å². The molecule has 0 spiro atoms. The summed E-state index contributed by atoms with van der Waals surface area (Å²) in [6, 6.07) is 0. The van der Waals surface area contributed by atoms with Gasteiger partial charge in [-0.05, 0) is 13.8 Å². The molecule has 0 aromatic rings. The topological polar surface area (TPSA) is 113 Å². The summed E-state index contributed by atoms with van der Waals surface area (Å²) in [5, 5.41) is 15.2. The third kappa shape index (κ3) is 678. The lowest BCUT2D eigenvalue weighted by molar-refractivity contribution is 0.162. The fourth-order valence-corrected chi connectivity index (χ4v) is 0.204. The first-order valence-electron chi connectivity index (χ1n) is 7.21. The fourth-order valence-electron chi connectivity index (χ4n) is 0.204. The smallest absolute Gasteiger partial charge is 0.394 e. The number of hydrogen-bond acceptors (Lipinski definition) is 6. The lowest BCUT2D eigenvalue weighted by Gasteiger charge is -1.86. The van der Waals surface area contributed by atoms with Gasteiger partial charge in [0.05, 0.1) is 20.3 Å². The predicted molar refractivity (Wildman–Crippen MR) is 122 cm³/mol. The molecule has 0 aliphatic carbocycles. The Morgan fingerprint density at radius 1 is 0.667 bits per heavy atom. The number of aliphatic hydroxyl groups excluding tert-OH is 2. The highest BCUT2D eigenvalue weighted by Crippen LogP contribution is 1.74. The zero-order valence-corrected chi connectivity index (χ0v) is 18.5. The monoisotopic (exact) mass is 416 g/mol. The predicted octanol–water partition coefficient (Wildman–Crippen LogP) is 4.26. The fraction of sp³-hybridized carbons (Fsp3) is 0.368. The van der Waals surface area contributed by atoms with Gasteiger partial charge in [0.2, 0.25) is 0 Å². The molecule has 0 rings (SSSR count). The summed E-state index contributed by atoms with van der Waals surface area (Å²) in [4.78, 5) is 0. The summed E-state index contributed by atoms with van der Waals surface area (Å²) in [7, 11) is -3.29. The normalized spacial score (nSPS) is 6.15. The molecular weight excluding hydrogens is 372 g/mol. The molecule has 27 heavy (non-hydrogen) atoms. The molecule has 0 atom stereocenters. The molecule has 168 valence electrons. The molecule has 0 heterocycles. The number of rotatable bonds is 4.